The molecule has 1 aromatic carbocycles. The fourth-order valence-electron chi connectivity index (χ4n) is 2.71. The van der Waals surface area contributed by atoms with E-state index in [0.29, 0.717) is 29.4 Å². The van der Waals surface area contributed by atoms with Gasteiger partial charge in [-0.1, -0.05) is 49.0 Å². The number of hydrogen-bond donors (Lipinski definition) is 0. The molecular formula is C20H23N3O2S. The van der Waals surface area contributed by atoms with Crippen LogP contribution in [0.4, 0.5) is 0 Å². The van der Waals surface area contributed by atoms with Crippen LogP contribution in [0.15, 0.2) is 58.3 Å². The maximum absolute atomic E-state index is 13.2. The number of oxazole rings is 1. The standard InChI is InChI=1S/C20H23N3O2S/c1-4-17(26-20-22-18-16(25-20)11-8-12-21-18)19(24)23(14(2)3)13-15-9-6-5-7-10-15/h5-12,14,17H,4,13H2,1-3H3. The van der Waals surface area contributed by atoms with E-state index >= 15 is 0 Å². The second kappa shape index (κ2) is 8.36. The highest BCUT2D eigenvalue weighted by Crippen LogP contribution is 2.29. The van der Waals surface area contributed by atoms with Crippen LogP contribution in [-0.4, -0.2) is 32.1 Å². The van der Waals surface area contributed by atoms with Crippen LogP contribution in [0, 0.1) is 0 Å². The fraction of sp³-hybridized carbons (Fsp3) is 0.350. The number of thioether (sulfide) groups is 1. The number of carbonyl (C=O) groups excluding carboxylic acids is 1. The van der Waals surface area contributed by atoms with Crippen molar-refractivity contribution in [3.8, 4) is 0 Å². The quantitative estimate of drug-likeness (QED) is 0.573. The van der Waals surface area contributed by atoms with E-state index in [4.69, 9.17) is 4.42 Å². The molecule has 0 saturated carbocycles. The van der Waals surface area contributed by atoms with Gasteiger partial charge >= 0.3 is 0 Å². The Balaban J connectivity index is 1.77. The molecule has 1 atom stereocenters. The predicted molar refractivity (Wildman–Crippen MR) is 104 cm³/mol. The topological polar surface area (TPSA) is 59.2 Å². The van der Waals surface area contributed by atoms with E-state index in [1.54, 1.807) is 6.20 Å². The van der Waals surface area contributed by atoms with Crippen molar-refractivity contribution < 1.29 is 9.21 Å². The number of benzene rings is 1. The smallest absolute Gasteiger partial charge is 0.259 e. The van der Waals surface area contributed by atoms with Crippen LogP contribution in [0.5, 0.6) is 0 Å². The monoisotopic (exact) mass is 369 g/mol. The Kier molecular flexibility index (Phi) is 5.93. The summed E-state index contributed by atoms with van der Waals surface area (Å²) >= 11 is 1.37. The van der Waals surface area contributed by atoms with Gasteiger partial charge in [0.15, 0.2) is 11.2 Å². The Morgan fingerprint density at radius 3 is 2.62 bits per heavy atom. The van der Waals surface area contributed by atoms with E-state index < -0.39 is 0 Å². The van der Waals surface area contributed by atoms with Crippen LogP contribution in [0.25, 0.3) is 11.2 Å². The predicted octanol–water partition coefficient (Wildman–Crippen LogP) is 4.53. The van der Waals surface area contributed by atoms with Gasteiger partial charge in [0.25, 0.3) is 5.22 Å². The van der Waals surface area contributed by atoms with Gasteiger partial charge in [0.1, 0.15) is 0 Å². The summed E-state index contributed by atoms with van der Waals surface area (Å²) in [6.07, 6.45) is 2.38. The summed E-state index contributed by atoms with van der Waals surface area (Å²) in [4.78, 5) is 23.6. The summed E-state index contributed by atoms with van der Waals surface area (Å²) in [5, 5.41) is 0.247. The van der Waals surface area contributed by atoms with Crippen LogP contribution in [0.1, 0.15) is 32.8 Å². The van der Waals surface area contributed by atoms with E-state index in [-0.39, 0.29) is 17.2 Å². The molecule has 3 aromatic rings. The highest BCUT2D eigenvalue weighted by molar-refractivity contribution is 8.00. The molecule has 0 bridgehead atoms. The molecule has 0 N–H and O–H groups in total. The van der Waals surface area contributed by atoms with Crippen molar-refractivity contribution in [2.45, 2.75) is 50.3 Å². The molecule has 0 radical (unpaired) electrons. The van der Waals surface area contributed by atoms with Crippen LogP contribution in [0.3, 0.4) is 0 Å². The Labute approximate surface area is 157 Å². The molecule has 0 spiro atoms. The summed E-state index contributed by atoms with van der Waals surface area (Å²) in [5.41, 5.74) is 2.34. The minimum absolute atomic E-state index is 0.103. The number of rotatable bonds is 7. The van der Waals surface area contributed by atoms with Gasteiger partial charge in [-0.2, -0.15) is 4.98 Å². The molecule has 2 aromatic heterocycles. The number of amides is 1. The van der Waals surface area contributed by atoms with Crippen LogP contribution in [0.2, 0.25) is 0 Å². The molecule has 136 valence electrons. The minimum Gasteiger partial charge on any atom is -0.430 e. The number of fused-ring (bicyclic) bond motifs is 1. The summed E-state index contributed by atoms with van der Waals surface area (Å²) in [5.74, 6) is 0.103. The van der Waals surface area contributed by atoms with E-state index in [1.807, 2.05) is 68.1 Å². The molecule has 5 nitrogen and oxygen atoms in total. The molecule has 1 unspecified atom stereocenters. The normalized spacial score (nSPS) is 12.5. The molecular weight excluding hydrogens is 346 g/mol. The van der Waals surface area contributed by atoms with Gasteiger partial charge in [-0.05, 0) is 38.0 Å². The number of aromatic nitrogens is 2. The fourth-order valence-corrected chi connectivity index (χ4v) is 3.63. The van der Waals surface area contributed by atoms with Gasteiger partial charge in [-0.25, -0.2) is 4.98 Å². The maximum Gasteiger partial charge on any atom is 0.259 e. The zero-order chi connectivity index (χ0) is 18.5. The van der Waals surface area contributed by atoms with Gasteiger partial charge in [0.2, 0.25) is 5.91 Å². The Bertz CT molecular complexity index is 831. The van der Waals surface area contributed by atoms with Gasteiger partial charge < -0.3 is 9.32 Å². The Morgan fingerprint density at radius 1 is 1.19 bits per heavy atom. The zero-order valence-electron chi connectivity index (χ0n) is 15.3. The minimum atomic E-state index is -0.242. The van der Waals surface area contributed by atoms with E-state index in [0.717, 1.165) is 5.56 Å². The molecule has 1 amide bonds. The largest absolute Gasteiger partial charge is 0.430 e. The van der Waals surface area contributed by atoms with Gasteiger partial charge in [0.05, 0.1) is 5.25 Å². The molecule has 6 heteroatoms. The number of nitrogens with zero attached hydrogens (tertiary/aromatic N) is 3. The van der Waals surface area contributed by atoms with E-state index in [9.17, 15) is 4.79 Å². The van der Waals surface area contributed by atoms with Crippen molar-refractivity contribution in [2.75, 3.05) is 0 Å². The van der Waals surface area contributed by atoms with Crippen molar-refractivity contribution >= 4 is 28.9 Å². The van der Waals surface area contributed by atoms with E-state index in [2.05, 4.69) is 9.97 Å². The average molecular weight is 369 g/mol. The molecule has 26 heavy (non-hydrogen) atoms. The van der Waals surface area contributed by atoms with Crippen LogP contribution >= 0.6 is 11.8 Å². The molecule has 0 aliphatic heterocycles. The lowest BCUT2D eigenvalue weighted by molar-refractivity contribution is -0.133. The van der Waals surface area contributed by atoms with Crippen LogP contribution < -0.4 is 0 Å². The molecule has 2 heterocycles. The second-order valence-electron chi connectivity index (χ2n) is 6.37. The molecule has 0 fully saturated rings. The first kappa shape index (κ1) is 18.5. The number of pyridine rings is 1. The third kappa shape index (κ3) is 4.25. The third-order valence-electron chi connectivity index (χ3n) is 4.14. The number of carbonyl (C=O) groups is 1. The Hall–Kier alpha value is -2.34. The van der Waals surface area contributed by atoms with Gasteiger partial charge in [0, 0.05) is 18.8 Å². The lowest BCUT2D eigenvalue weighted by Crippen LogP contribution is -2.41. The summed E-state index contributed by atoms with van der Waals surface area (Å²) in [6, 6.07) is 13.8. The first-order valence-corrected chi connectivity index (χ1v) is 9.69. The van der Waals surface area contributed by atoms with Crippen molar-refractivity contribution in [3.05, 3.63) is 54.2 Å². The van der Waals surface area contributed by atoms with E-state index in [1.165, 1.54) is 11.8 Å². The SMILES string of the molecule is CCC(Sc1nc2ncccc2o1)C(=O)N(Cc1ccccc1)C(C)C. The molecule has 0 saturated heterocycles. The molecule has 3 rings (SSSR count). The second-order valence-corrected chi connectivity index (χ2v) is 7.52. The maximum atomic E-state index is 13.2. The first-order valence-electron chi connectivity index (χ1n) is 8.81. The summed E-state index contributed by atoms with van der Waals surface area (Å²) in [7, 11) is 0. The lowest BCUT2D eigenvalue weighted by Gasteiger charge is -2.30. The number of hydrogen-bond acceptors (Lipinski definition) is 5. The molecule has 0 aliphatic carbocycles. The lowest BCUT2D eigenvalue weighted by atomic mass is 10.1. The Morgan fingerprint density at radius 2 is 1.96 bits per heavy atom. The molecule has 0 aliphatic rings. The summed E-state index contributed by atoms with van der Waals surface area (Å²) in [6.45, 7) is 6.70. The zero-order valence-corrected chi connectivity index (χ0v) is 16.1. The first-order chi connectivity index (χ1) is 12.6. The third-order valence-corrected chi connectivity index (χ3v) is 5.33. The highest BCUT2D eigenvalue weighted by Gasteiger charge is 2.27. The highest BCUT2D eigenvalue weighted by atomic mass is 32.2. The van der Waals surface area contributed by atoms with Crippen molar-refractivity contribution in [3.63, 3.8) is 0 Å². The van der Waals surface area contributed by atoms with Crippen molar-refractivity contribution in [2.24, 2.45) is 0 Å². The van der Waals surface area contributed by atoms with Gasteiger partial charge in [-0.3, -0.25) is 4.79 Å². The average Bonchev–Trinajstić information content (AvgIpc) is 3.06. The van der Waals surface area contributed by atoms with Gasteiger partial charge in [-0.15, -0.1) is 0 Å². The van der Waals surface area contributed by atoms with Crippen molar-refractivity contribution in [1.29, 1.82) is 0 Å². The van der Waals surface area contributed by atoms with Crippen molar-refractivity contribution in [1.82, 2.24) is 14.9 Å². The summed E-state index contributed by atoms with van der Waals surface area (Å²) < 4.78 is 5.73. The van der Waals surface area contributed by atoms with Crippen LogP contribution in [-0.2, 0) is 11.3 Å².